The van der Waals surface area contributed by atoms with Crippen LogP contribution in [0.5, 0.6) is 0 Å². The van der Waals surface area contributed by atoms with E-state index in [0.29, 0.717) is 17.8 Å². The van der Waals surface area contributed by atoms with Gasteiger partial charge in [-0.15, -0.1) is 0 Å². The lowest BCUT2D eigenvalue weighted by Crippen LogP contribution is -2.29. The van der Waals surface area contributed by atoms with Crippen molar-refractivity contribution in [2.45, 2.75) is 18.8 Å². The van der Waals surface area contributed by atoms with Crippen LogP contribution >= 0.6 is 0 Å². The fraction of sp³-hybridized carbons (Fsp3) is 0.318. The number of likely N-dealkylation sites (tertiary alicyclic amines) is 1. The number of aliphatic carboxylic acids is 1. The summed E-state index contributed by atoms with van der Waals surface area (Å²) in [4.78, 5) is 38.0. The van der Waals surface area contributed by atoms with Crippen LogP contribution in [0.1, 0.15) is 34.7 Å². The number of amides is 2. The lowest BCUT2D eigenvalue weighted by molar-refractivity contribution is -0.141. The molecule has 0 aromatic heterocycles. The quantitative estimate of drug-likeness (QED) is 0.837. The molecule has 2 N–H and O–H groups in total. The monoisotopic (exact) mass is 378 g/mol. The molecule has 0 spiro atoms. The fourth-order valence-electron chi connectivity index (χ4n) is 3.73. The average Bonchev–Trinajstić information content (AvgIpc) is 3.47. The van der Waals surface area contributed by atoms with Crippen LogP contribution in [0.3, 0.4) is 0 Å². The molecular formula is C22H22N2O4. The number of nitrogens with one attached hydrogen (secondary N) is 1. The minimum absolute atomic E-state index is 0.0219. The minimum Gasteiger partial charge on any atom is -0.481 e. The van der Waals surface area contributed by atoms with Gasteiger partial charge in [0.2, 0.25) is 5.91 Å². The Morgan fingerprint density at radius 3 is 2.21 bits per heavy atom. The minimum atomic E-state index is -0.887. The van der Waals surface area contributed by atoms with Crippen molar-refractivity contribution in [3.05, 3.63) is 65.7 Å². The Morgan fingerprint density at radius 2 is 1.61 bits per heavy atom. The Hall–Kier alpha value is -3.15. The molecule has 2 atom stereocenters. The molecule has 1 saturated carbocycles. The second-order valence-corrected chi connectivity index (χ2v) is 7.51. The third kappa shape index (κ3) is 3.76. The summed E-state index contributed by atoms with van der Waals surface area (Å²) in [7, 11) is 0. The number of hydrogen-bond acceptors (Lipinski definition) is 3. The largest absolute Gasteiger partial charge is 0.481 e. The molecule has 1 aliphatic carbocycles. The lowest BCUT2D eigenvalue weighted by atomic mass is 9.89. The van der Waals surface area contributed by atoms with Crippen LogP contribution < -0.4 is 5.32 Å². The zero-order chi connectivity index (χ0) is 19.7. The van der Waals surface area contributed by atoms with Crippen LogP contribution in [0.15, 0.2) is 54.6 Å². The van der Waals surface area contributed by atoms with Gasteiger partial charge in [-0.3, -0.25) is 14.4 Å². The molecule has 2 amide bonds. The van der Waals surface area contributed by atoms with E-state index in [1.807, 2.05) is 30.3 Å². The second-order valence-electron chi connectivity index (χ2n) is 7.51. The molecule has 6 heteroatoms. The number of hydrogen-bond donors (Lipinski definition) is 2. The van der Waals surface area contributed by atoms with Gasteiger partial charge in [0.15, 0.2) is 0 Å². The molecule has 2 aromatic rings. The number of carbonyl (C=O) groups excluding carboxylic acids is 2. The second kappa shape index (κ2) is 7.46. The molecule has 2 aromatic carbocycles. The molecule has 1 saturated heterocycles. The highest BCUT2D eigenvalue weighted by atomic mass is 16.4. The first-order valence-corrected chi connectivity index (χ1v) is 9.51. The lowest BCUT2D eigenvalue weighted by Gasteiger charge is -2.17. The van der Waals surface area contributed by atoms with Crippen LogP contribution in [0, 0.1) is 11.8 Å². The number of nitrogens with zero attached hydrogens (tertiary/aromatic N) is 1. The van der Waals surface area contributed by atoms with E-state index in [4.69, 9.17) is 0 Å². The summed E-state index contributed by atoms with van der Waals surface area (Å²) < 4.78 is 0. The highest BCUT2D eigenvalue weighted by Gasteiger charge is 2.40. The summed E-state index contributed by atoms with van der Waals surface area (Å²) in [6, 6.07) is 16.3. The Bertz CT molecular complexity index is 891. The summed E-state index contributed by atoms with van der Waals surface area (Å²) in [5, 5.41) is 12.5. The van der Waals surface area contributed by atoms with Crippen molar-refractivity contribution in [2.75, 3.05) is 18.4 Å². The van der Waals surface area contributed by atoms with E-state index in [0.717, 1.165) is 18.4 Å². The predicted octanol–water partition coefficient (Wildman–Crippen LogP) is 2.98. The Morgan fingerprint density at radius 1 is 0.929 bits per heavy atom. The highest BCUT2D eigenvalue weighted by Crippen LogP contribution is 2.34. The maximum atomic E-state index is 12.9. The zero-order valence-corrected chi connectivity index (χ0v) is 15.4. The van der Waals surface area contributed by atoms with Gasteiger partial charge in [0.05, 0.1) is 5.92 Å². The van der Waals surface area contributed by atoms with Gasteiger partial charge in [0, 0.05) is 36.2 Å². The van der Waals surface area contributed by atoms with E-state index in [2.05, 4.69) is 5.32 Å². The number of benzene rings is 2. The Labute approximate surface area is 163 Å². The maximum Gasteiger partial charge on any atom is 0.308 e. The van der Waals surface area contributed by atoms with Gasteiger partial charge in [-0.05, 0) is 42.7 Å². The van der Waals surface area contributed by atoms with Crippen molar-refractivity contribution >= 4 is 23.5 Å². The fourth-order valence-corrected chi connectivity index (χ4v) is 3.73. The molecule has 0 radical (unpaired) electrons. The number of rotatable bonds is 5. The van der Waals surface area contributed by atoms with Crippen LogP contribution in [-0.2, 0) is 9.59 Å². The van der Waals surface area contributed by atoms with Crippen molar-refractivity contribution < 1.29 is 19.5 Å². The average molecular weight is 378 g/mol. The molecule has 2 fully saturated rings. The molecule has 28 heavy (non-hydrogen) atoms. The molecule has 2 aliphatic rings. The number of carboxylic acids is 1. The predicted molar refractivity (Wildman–Crippen MR) is 104 cm³/mol. The smallest absolute Gasteiger partial charge is 0.308 e. The topological polar surface area (TPSA) is 86.7 Å². The van der Waals surface area contributed by atoms with Crippen LogP contribution in [-0.4, -0.2) is 40.9 Å². The van der Waals surface area contributed by atoms with Gasteiger partial charge >= 0.3 is 5.97 Å². The van der Waals surface area contributed by atoms with Gasteiger partial charge < -0.3 is 15.3 Å². The Kier molecular flexibility index (Phi) is 4.86. The van der Waals surface area contributed by atoms with E-state index in [1.54, 1.807) is 29.2 Å². The number of anilines is 1. The van der Waals surface area contributed by atoms with Crippen molar-refractivity contribution in [3.63, 3.8) is 0 Å². The van der Waals surface area contributed by atoms with Gasteiger partial charge in [0.1, 0.15) is 0 Å². The van der Waals surface area contributed by atoms with E-state index < -0.39 is 11.9 Å². The summed E-state index contributed by atoms with van der Waals surface area (Å²) in [5.74, 6) is -1.78. The molecule has 2 unspecified atom stereocenters. The highest BCUT2D eigenvalue weighted by molar-refractivity contribution is 5.97. The maximum absolute atomic E-state index is 12.9. The summed E-state index contributed by atoms with van der Waals surface area (Å²) in [6.45, 7) is 0.563. The van der Waals surface area contributed by atoms with Gasteiger partial charge in [-0.2, -0.15) is 0 Å². The van der Waals surface area contributed by atoms with Gasteiger partial charge in [-0.25, -0.2) is 0 Å². The molecule has 144 valence electrons. The first-order chi connectivity index (χ1) is 13.5. The number of carboxylic acid groups (broad SMARTS) is 1. The number of carbonyl (C=O) groups is 3. The van der Waals surface area contributed by atoms with E-state index in [9.17, 15) is 19.5 Å². The van der Waals surface area contributed by atoms with Gasteiger partial charge in [0.25, 0.3) is 5.91 Å². The molecular weight excluding hydrogens is 356 g/mol. The Balaban J connectivity index is 1.46. The molecule has 6 nitrogen and oxygen atoms in total. The normalized spacial score (nSPS) is 21.4. The molecule has 4 rings (SSSR count). The van der Waals surface area contributed by atoms with Crippen molar-refractivity contribution in [2.24, 2.45) is 11.8 Å². The summed E-state index contributed by atoms with van der Waals surface area (Å²) in [6.07, 6.45) is 1.87. The SMILES string of the molecule is O=C(Nc1ccc(C(=O)N2CC(C(=O)O)C(c3ccccc3)C2)cc1)C1CC1. The van der Waals surface area contributed by atoms with Crippen molar-refractivity contribution in [1.29, 1.82) is 0 Å². The van der Waals surface area contributed by atoms with E-state index in [1.165, 1.54) is 0 Å². The van der Waals surface area contributed by atoms with Crippen molar-refractivity contribution in [3.8, 4) is 0 Å². The summed E-state index contributed by atoms with van der Waals surface area (Å²) >= 11 is 0. The van der Waals surface area contributed by atoms with Crippen LogP contribution in [0.2, 0.25) is 0 Å². The molecule has 0 bridgehead atoms. The van der Waals surface area contributed by atoms with Crippen LogP contribution in [0.25, 0.3) is 0 Å². The zero-order valence-electron chi connectivity index (χ0n) is 15.4. The van der Waals surface area contributed by atoms with E-state index in [-0.39, 0.29) is 30.2 Å². The van der Waals surface area contributed by atoms with E-state index >= 15 is 0 Å². The van der Waals surface area contributed by atoms with Crippen LogP contribution in [0.4, 0.5) is 5.69 Å². The first-order valence-electron chi connectivity index (χ1n) is 9.51. The standard InChI is InChI=1S/C22H22N2O4/c25-20(15-6-7-15)23-17-10-8-16(9-11-17)21(26)24-12-18(19(13-24)22(27)28)14-4-2-1-3-5-14/h1-5,8-11,15,18-19H,6-7,12-13H2,(H,23,25)(H,27,28). The van der Waals surface area contributed by atoms with Gasteiger partial charge in [-0.1, -0.05) is 30.3 Å². The molecule has 1 heterocycles. The third-order valence-electron chi connectivity index (χ3n) is 5.50. The van der Waals surface area contributed by atoms with Crippen molar-refractivity contribution in [1.82, 2.24) is 4.90 Å². The molecule has 1 aliphatic heterocycles. The third-order valence-corrected chi connectivity index (χ3v) is 5.50. The summed E-state index contributed by atoms with van der Waals surface area (Å²) in [5.41, 5.74) is 2.09. The first kappa shape index (κ1) is 18.2.